The van der Waals surface area contributed by atoms with Crippen LogP contribution in [0.15, 0.2) is 60.9 Å². The minimum Gasteiger partial charge on any atom is -0.497 e. The van der Waals surface area contributed by atoms with Gasteiger partial charge in [0.05, 0.1) is 43.7 Å². The number of benzene rings is 2. The number of pyridine rings is 1. The van der Waals surface area contributed by atoms with E-state index in [1.54, 1.807) is 38.6 Å². The summed E-state index contributed by atoms with van der Waals surface area (Å²) in [5.41, 5.74) is 3.70. The van der Waals surface area contributed by atoms with Gasteiger partial charge in [-0.15, -0.1) is 0 Å². The van der Waals surface area contributed by atoms with Crippen LogP contribution in [0.2, 0.25) is 0 Å². The molecule has 39 heavy (non-hydrogen) atoms. The average Bonchev–Trinajstić information content (AvgIpc) is 2.94. The van der Waals surface area contributed by atoms with Crippen LogP contribution in [-0.2, 0) is 0 Å². The smallest absolute Gasteiger partial charge is 0.401 e. The van der Waals surface area contributed by atoms with Gasteiger partial charge in [0.25, 0.3) is 0 Å². The minimum absolute atomic E-state index is 0.169. The molecule has 208 valence electrons. The normalized spacial score (nSPS) is 11.1. The third kappa shape index (κ3) is 8.25. The predicted molar refractivity (Wildman–Crippen MR) is 144 cm³/mol. The molecule has 0 amide bonds. The first kappa shape index (κ1) is 29.6. The van der Waals surface area contributed by atoms with Crippen LogP contribution in [0.25, 0.3) is 22.3 Å². The zero-order valence-electron chi connectivity index (χ0n) is 22.2. The Hall–Kier alpha value is -3.99. The van der Waals surface area contributed by atoms with Crippen LogP contribution in [0.5, 0.6) is 11.5 Å². The van der Waals surface area contributed by atoms with Crippen molar-refractivity contribution < 1.29 is 27.0 Å². The van der Waals surface area contributed by atoms with Crippen LogP contribution in [0.3, 0.4) is 0 Å². The van der Waals surface area contributed by atoms with Crippen LogP contribution in [0.1, 0.15) is 20.3 Å². The highest BCUT2D eigenvalue weighted by atomic mass is 19.4. The zero-order chi connectivity index (χ0) is 28.4. The van der Waals surface area contributed by atoms with E-state index in [1.165, 1.54) is 12.3 Å². The molecule has 0 fully saturated rings. The number of hydrogen-bond acceptors (Lipinski definition) is 7. The van der Waals surface area contributed by atoms with E-state index < -0.39 is 18.7 Å². The molecule has 0 saturated carbocycles. The molecule has 0 unspecified atom stereocenters. The van der Waals surface area contributed by atoms with E-state index in [0.717, 1.165) is 11.4 Å². The Balaban J connectivity index is 0.00000205. The topological polar surface area (TPSA) is 72.4 Å². The highest BCUT2D eigenvalue weighted by Gasteiger charge is 2.26. The largest absolute Gasteiger partial charge is 0.497 e. The number of ether oxygens (including phenoxy) is 2. The molecule has 0 radical (unpaired) electrons. The Bertz CT molecular complexity index is 1350. The summed E-state index contributed by atoms with van der Waals surface area (Å²) in [5, 5.41) is 2.43. The van der Waals surface area contributed by atoms with Crippen molar-refractivity contribution in [3.8, 4) is 22.8 Å². The van der Waals surface area contributed by atoms with Crippen molar-refractivity contribution in [3.05, 3.63) is 66.9 Å². The van der Waals surface area contributed by atoms with Gasteiger partial charge in [0, 0.05) is 53.9 Å². The molecule has 0 aliphatic rings. The number of methoxy groups -OCH3 is 2. The SMILES string of the molecule is CC.COc1cc(OC)cc(N(CCCNCC(F)(F)F)c2ccc3ncc(-c4ccnc(F)c4)nc3c2)c1. The molecule has 0 saturated heterocycles. The van der Waals surface area contributed by atoms with Crippen molar-refractivity contribution >= 4 is 22.4 Å². The molecule has 0 aliphatic carbocycles. The van der Waals surface area contributed by atoms with E-state index in [0.29, 0.717) is 46.8 Å². The lowest BCUT2D eigenvalue weighted by Gasteiger charge is -2.26. The Morgan fingerprint density at radius 1 is 0.872 bits per heavy atom. The summed E-state index contributed by atoms with van der Waals surface area (Å²) in [5.74, 6) is 0.514. The lowest BCUT2D eigenvalue weighted by molar-refractivity contribution is -0.124. The van der Waals surface area contributed by atoms with Crippen molar-refractivity contribution in [1.29, 1.82) is 0 Å². The lowest BCUT2D eigenvalue weighted by Crippen LogP contribution is -2.31. The third-order valence-corrected chi connectivity index (χ3v) is 5.57. The van der Waals surface area contributed by atoms with Gasteiger partial charge >= 0.3 is 6.18 Å². The van der Waals surface area contributed by atoms with Gasteiger partial charge in [0.2, 0.25) is 5.95 Å². The van der Waals surface area contributed by atoms with E-state index >= 15 is 0 Å². The van der Waals surface area contributed by atoms with Crippen molar-refractivity contribution in [2.45, 2.75) is 26.4 Å². The number of anilines is 2. The number of halogens is 4. The summed E-state index contributed by atoms with van der Waals surface area (Å²) in [6, 6.07) is 13.8. The van der Waals surface area contributed by atoms with Crippen LogP contribution in [-0.4, -0.2) is 55.0 Å². The van der Waals surface area contributed by atoms with Gasteiger partial charge in [-0.1, -0.05) is 13.8 Å². The Morgan fingerprint density at radius 3 is 2.23 bits per heavy atom. The molecule has 1 N–H and O–H groups in total. The molecule has 0 bridgehead atoms. The van der Waals surface area contributed by atoms with Gasteiger partial charge in [-0.3, -0.25) is 4.98 Å². The van der Waals surface area contributed by atoms with Gasteiger partial charge in [0.1, 0.15) is 11.5 Å². The van der Waals surface area contributed by atoms with Gasteiger partial charge < -0.3 is 19.7 Å². The van der Waals surface area contributed by atoms with Gasteiger partial charge in [-0.05, 0) is 37.2 Å². The second-order valence-corrected chi connectivity index (χ2v) is 8.16. The maximum absolute atomic E-state index is 13.6. The molecule has 0 spiro atoms. The summed E-state index contributed by atoms with van der Waals surface area (Å²) in [4.78, 5) is 14.6. The van der Waals surface area contributed by atoms with Gasteiger partial charge in [-0.25, -0.2) is 9.97 Å². The molecule has 4 aromatic rings. The third-order valence-electron chi connectivity index (χ3n) is 5.57. The Morgan fingerprint density at radius 2 is 1.59 bits per heavy atom. The molecular weight excluding hydrogens is 514 g/mol. The number of fused-ring (bicyclic) bond motifs is 1. The predicted octanol–water partition coefficient (Wildman–Crippen LogP) is 6.55. The number of hydrogen-bond donors (Lipinski definition) is 1. The van der Waals surface area contributed by atoms with E-state index in [9.17, 15) is 17.6 Å². The van der Waals surface area contributed by atoms with Crippen molar-refractivity contribution in [1.82, 2.24) is 20.3 Å². The number of aromatic nitrogens is 3. The molecular formula is C28H31F4N5O2. The number of alkyl halides is 3. The maximum atomic E-state index is 13.6. The molecule has 11 heteroatoms. The Labute approximate surface area is 224 Å². The second-order valence-electron chi connectivity index (χ2n) is 8.16. The fraction of sp³-hybridized carbons (Fsp3) is 0.321. The monoisotopic (exact) mass is 545 g/mol. The van der Waals surface area contributed by atoms with E-state index in [2.05, 4.69) is 20.3 Å². The lowest BCUT2D eigenvalue weighted by atomic mass is 10.1. The van der Waals surface area contributed by atoms with E-state index in [1.807, 2.05) is 43.0 Å². The van der Waals surface area contributed by atoms with Crippen molar-refractivity contribution in [2.75, 3.05) is 38.8 Å². The summed E-state index contributed by atoms with van der Waals surface area (Å²) in [6.07, 6.45) is -0.923. The molecule has 2 aromatic carbocycles. The van der Waals surface area contributed by atoms with Crippen LogP contribution in [0.4, 0.5) is 28.9 Å². The number of rotatable bonds is 10. The van der Waals surface area contributed by atoms with Crippen LogP contribution in [0, 0.1) is 5.95 Å². The fourth-order valence-corrected chi connectivity index (χ4v) is 3.82. The molecule has 4 rings (SSSR count). The first-order valence-electron chi connectivity index (χ1n) is 12.4. The highest BCUT2D eigenvalue weighted by Crippen LogP contribution is 2.34. The number of nitrogens with one attached hydrogen (secondary N) is 1. The molecule has 0 aliphatic heterocycles. The first-order valence-corrected chi connectivity index (χ1v) is 12.4. The van der Waals surface area contributed by atoms with Gasteiger partial charge in [0.15, 0.2) is 0 Å². The quantitative estimate of drug-likeness (QED) is 0.138. The van der Waals surface area contributed by atoms with Crippen LogP contribution >= 0.6 is 0 Å². The maximum Gasteiger partial charge on any atom is 0.401 e. The van der Waals surface area contributed by atoms with E-state index in [4.69, 9.17) is 9.47 Å². The summed E-state index contributed by atoms with van der Waals surface area (Å²) in [7, 11) is 3.08. The fourth-order valence-electron chi connectivity index (χ4n) is 3.82. The first-order chi connectivity index (χ1) is 18.8. The standard InChI is InChI=1S/C26H25F4N5O2.C2H6/c1-36-20-11-19(12-21(14-20)37-2)35(9-3-7-31-16-26(28,29)30)18-4-5-22-23(13-18)34-24(15-33-22)17-6-8-32-25(27)10-17;1-2/h4-6,8,10-15,31H,3,7,9,16H2,1-2H3;1-2H3. The molecule has 2 heterocycles. The van der Waals surface area contributed by atoms with E-state index in [-0.39, 0.29) is 6.54 Å². The van der Waals surface area contributed by atoms with Gasteiger partial charge in [-0.2, -0.15) is 17.6 Å². The van der Waals surface area contributed by atoms with Crippen molar-refractivity contribution in [3.63, 3.8) is 0 Å². The summed E-state index contributed by atoms with van der Waals surface area (Å²) in [6.45, 7) is 3.52. The average molecular weight is 546 g/mol. The number of nitrogens with zero attached hydrogens (tertiary/aromatic N) is 4. The highest BCUT2D eigenvalue weighted by molar-refractivity contribution is 5.82. The summed E-state index contributed by atoms with van der Waals surface area (Å²) >= 11 is 0. The minimum atomic E-state index is -4.27. The van der Waals surface area contributed by atoms with Crippen LogP contribution < -0.4 is 19.7 Å². The summed E-state index contributed by atoms with van der Waals surface area (Å²) < 4.78 is 62.0. The van der Waals surface area contributed by atoms with Crippen molar-refractivity contribution in [2.24, 2.45) is 0 Å². The molecule has 2 aromatic heterocycles. The Kier molecular flexibility index (Phi) is 10.4. The zero-order valence-corrected chi connectivity index (χ0v) is 22.2. The molecule has 7 nitrogen and oxygen atoms in total. The second kappa shape index (κ2) is 13.7. The molecule has 0 atom stereocenters.